The van der Waals surface area contributed by atoms with Crippen LogP contribution in [0.25, 0.3) is 11.3 Å². The lowest BCUT2D eigenvalue weighted by atomic mass is 10.2. The molecular weight excluding hydrogens is 323 g/mol. The molecule has 2 aromatic heterocycles. The first-order valence-electron chi connectivity index (χ1n) is 8.20. The van der Waals surface area contributed by atoms with Crippen molar-refractivity contribution < 1.29 is 13.5 Å². The minimum Gasteiger partial charge on any atom is -0.439 e. The van der Waals surface area contributed by atoms with Crippen LogP contribution < -0.4 is 0 Å². The number of imidazole rings is 1. The minimum atomic E-state index is -0.320. The van der Waals surface area contributed by atoms with Crippen molar-refractivity contribution in [3.63, 3.8) is 0 Å². The molecule has 3 aromatic rings. The van der Waals surface area contributed by atoms with Crippen molar-refractivity contribution in [3.05, 3.63) is 60.4 Å². The van der Waals surface area contributed by atoms with Crippen molar-refractivity contribution in [3.8, 4) is 11.3 Å². The molecule has 7 heteroatoms. The molecule has 1 aliphatic rings. The summed E-state index contributed by atoms with van der Waals surface area (Å²) < 4.78 is 25.2. The fourth-order valence-electron chi connectivity index (χ4n) is 3.29. The van der Waals surface area contributed by atoms with Crippen molar-refractivity contribution in [2.45, 2.75) is 25.1 Å². The summed E-state index contributed by atoms with van der Waals surface area (Å²) in [5.74, 6) is 1.57. The van der Waals surface area contributed by atoms with E-state index in [1.165, 1.54) is 6.07 Å². The maximum absolute atomic E-state index is 13.9. The zero-order valence-electron chi connectivity index (χ0n) is 13.9. The zero-order valence-corrected chi connectivity index (χ0v) is 13.9. The highest BCUT2D eigenvalue weighted by Crippen LogP contribution is 2.33. The summed E-state index contributed by atoms with van der Waals surface area (Å²) in [6.45, 7) is 1.28. The maximum atomic E-state index is 13.9. The Kier molecular flexibility index (Phi) is 4.33. The largest absolute Gasteiger partial charge is 0.439 e. The monoisotopic (exact) mass is 342 g/mol. The van der Waals surface area contributed by atoms with Crippen molar-refractivity contribution in [2.75, 3.05) is 13.7 Å². The number of aromatic nitrogens is 3. The lowest BCUT2D eigenvalue weighted by molar-refractivity contribution is 0.106. The van der Waals surface area contributed by atoms with Crippen molar-refractivity contribution >= 4 is 0 Å². The first-order valence-corrected chi connectivity index (χ1v) is 8.20. The van der Waals surface area contributed by atoms with Gasteiger partial charge in [0.25, 0.3) is 0 Å². The number of nitrogens with one attached hydrogen (secondary N) is 1. The quantitative estimate of drug-likeness (QED) is 0.771. The van der Waals surface area contributed by atoms with Gasteiger partial charge in [0.15, 0.2) is 5.76 Å². The van der Waals surface area contributed by atoms with Gasteiger partial charge in [0.05, 0.1) is 30.5 Å². The first-order chi connectivity index (χ1) is 12.2. The second-order valence-corrected chi connectivity index (χ2v) is 6.11. The summed E-state index contributed by atoms with van der Waals surface area (Å²) in [7, 11) is 1.72. The highest BCUT2D eigenvalue weighted by Gasteiger charge is 2.35. The summed E-state index contributed by atoms with van der Waals surface area (Å²) in [4.78, 5) is 14.1. The highest BCUT2D eigenvalue weighted by molar-refractivity contribution is 5.56. The smallest absolute Gasteiger partial charge is 0.209 e. The SMILES string of the molecule is CO[C@@H]1CC(c2ncc[nH]2)N(Cc2ncc(-c3ccccc3F)o2)C1. The number of oxazole rings is 1. The number of rotatable bonds is 5. The van der Waals surface area contributed by atoms with Crippen LogP contribution in [-0.2, 0) is 11.3 Å². The van der Waals surface area contributed by atoms with E-state index in [2.05, 4.69) is 19.9 Å². The number of likely N-dealkylation sites (tertiary alicyclic amines) is 1. The topological polar surface area (TPSA) is 67.2 Å². The first kappa shape index (κ1) is 16.0. The van der Waals surface area contributed by atoms with Crippen molar-refractivity contribution in [1.29, 1.82) is 0 Å². The minimum absolute atomic E-state index is 0.115. The van der Waals surface area contributed by atoms with Gasteiger partial charge in [-0.05, 0) is 18.6 Å². The molecule has 1 unspecified atom stereocenters. The van der Waals surface area contributed by atoms with Crippen LogP contribution in [-0.4, -0.2) is 39.6 Å². The van der Waals surface area contributed by atoms with Crippen molar-refractivity contribution in [1.82, 2.24) is 19.9 Å². The molecule has 1 aromatic carbocycles. The van der Waals surface area contributed by atoms with E-state index in [4.69, 9.17) is 9.15 Å². The van der Waals surface area contributed by atoms with E-state index in [1.54, 1.807) is 37.7 Å². The molecule has 6 nitrogen and oxygen atoms in total. The van der Waals surface area contributed by atoms with Gasteiger partial charge < -0.3 is 14.1 Å². The second-order valence-electron chi connectivity index (χ2n) is 6.11. The molecule has 0 radical (unpaired) electrons. The molecule has 1 saturated heterocycles. The predicted octanol–water partition coefficient (Wildman–Crippen LogP) is 3.17. The van der Waals surface area contributed by atoms with Crippen LogP contribution in [0.2, 0.25) is 0 Å². The Hall–Kier alpha value is -2.51. The molecule has 130 valence electrons. The molecule has 1 aliphatic heterocycles. The summed E-state index contributed by atoms with van der Waals surface area (Å²) in [5, 5.41) is 0. The second kappa shape index (κ2) is 6.78. The van der Waals surface area contributed by atoms with Gasteiger partial charge in [0.1, 0.15) is 11.6 Å². The van der Waals surface area contributed by atoms with E-state index in [9.17, 15) is 4.39 Å². The number of hydrogen-bond acceptors (Lipinski definition) is 5. The number of methoxy groups -OCH3 is 1. The van der Waals surface area contributed by atoms with Gasteiger partial charge in [0.2, 0.25) is 5.89 Å². The molecule has 3 heterocycles. The Balaban J connectivity index is 1.54. The fourth-order valence-corrected chi connectivity index (χ4v) is 3.29. The van der Waals surface area contributed by atoms with Crippen LogP contribution in [0, 0.1) is 5.82 Å². The standard InChI is InChI=1S/C18H19FN4O2/c1-24-12-8-15(18-20-6-7-21-18)23(10-12)11-17-22-9-16(25-17)13-4-2-3-5-14(13)19/h2-7,9,12,15H,8,10-11H2,1H3,(H,20,21)/t12-,15?/m1/s1. The van der Waals surface area contributed by atoms with Crippen LogP contribution in [0.3, 0.4) is 0 Å². The van der Waals surface area contributed by atoms with E-state index in [1.807, 2.05) is 6.20 Å². The lowest BCUT2D eigenvalue weighted by Crippen LogP contribution is -2.25. The van der Waals surface area contributed by atoms with Gasteiger partial charge in [-0.3, -0.25) is 4.90 Å². The third kappa shape index (κ3) is 3.20. The van der Waals surface area contributed by atoms with Crippen LogP contribution in [0.1, 0.15) is 24.2 Å². The van der Waals surface area contributed by atoms with Crippen LogP contribution in [0.5, 0.6) is 0 Å². The average Bonchev–Trinajstić information content (AvgIpc) is 3.36. The molecule has 1 N–H and O–H groups in total. The van der Waals surface area contributed by atoms with E-state index in [0.717, 1.165) is 18.8 Å². The Morgan fingerprint density at radius 2 is 2.24 bits per heavy atom. The maximum Gasteiger partial charge on any atom is 0.209 e. The number of aromatic amines is 1. The van der Waals surface area contributed by atoms with Crippen LogP contribution in [0.4, 0.5) is 4.39 Å². The number of hydrogen-bond donors (Lipinski definition) is 1. The predicted molar refractivity (Wildman–Crippen MR) is 89.0 cm³/mol. The lowest BCUT2D eigenvalue weighted by Gasteiger charge is -2.20. The molecule has 25 heavy (non-hydrogen) atoms. The van der Waals surface area contributed by atoms with Gasteiger partial charge in [-0.2, -0.15) is 0 Å². The molecule has 1 fully saturated rings. The summed E-state index contributed by atoms with van der Waals surface area (Å²) in [6, 6.07) is 6.64. The van der Waals surface area contributed by atoms with E-state index in [0.29, 0.717) is 23.8 Å². The molecule has 4 rings (SSSR count). The fraction of sp³-hybridized carbons (Fsp3) is 0.333. The number of halogens is 1. The number of H-pyrrole nitrogens is 1. The highest BCUT2D eigenvalue weighted by atomic mass is 19.1. The molecule has 0 bridgehead atoms. The number of benzene rings is 1. The molecule has 0 saturated carbocycles. The van der Waals surface area contributed by atoms with Crippen molar-refractivity contribution in [2.24, 2.45) is 0 Å². The Morgan fingerprint density at radius 3 is 3.00 bits per heavy atom. The third-order valence-electron chi connectivity index (χ3n) is 4.56. The number of nitrogens with zero attached hydrogens (tertiary/aromatic N) is 3. The van der Waals surface area contributed by atoms with E-state index < -0.39 is 0 Å². The summed E-state index contributed by atoms with van der Waals surface area (Å²) in [6.07, 6.45) is 6.12. The van der Waals surface area contributed by atoms with E-state index in [-0.39, 0.29) is 18.0 Å². The van der Waals surface area contributed by atoms with Gasteiger partial charge in [-0.25, -0.2) is 14.4 Å². The van der Waals surface area contributed by atoms with Gasteiger partial charge in [0, 0.05) is 26.0 Å². The molecule has 2 atom stereocenters. The van der Waals surface area contributed by atoms with Crippen LogP contribution in [0.15, 0.2) is 47.3 Å². The molecule has 0 amide bonds. The normalized spacial score (nSPS) is 21.0. The zero-order chi connectivity index (χ0) is 17.2. The van der Waals surface area contributed by atoms with Gasteiger partial charge in [-0.1, -0.05) is 12.1 Å². The third-order valence-corrected chi connectivity index (χ3v) is 4.56. The molecule has 0 aliphatic carbocycles. The molecular formula is C18H19FN4O2. The van der Waals surface area contributed by atoms with Gasteiger partial charge in [-0.15, -0.1) is 0 Å². The molecule has 0 spiro atoms. The van der Waals surface area contributed by atoms with Crippen LogP contribution >= 0.6 is 0 Å². The Labute approximate surface area is 144 Å². The Bertz CT molecular complexity index is 833. The Morgan fingerprint density at radius 1 is 1.36 bits per heavy atom. The van der Waals surface area contributed by atoms with E-state index >= 15 is 0 Å². The summed E-state index contributed by atoms with van der Waals surface area (Å²) in [5.41, 5.74) is 0.417. The average molecular weight is 342 g/mol. The van der Waals surface area contributed by atoms with Gasteiger partial charge >= 0.3 is 0 Å². The number of ether oxygens (including phenoxy) is 1. The summed E-state index contributed by atoms with van der Waals surface area (Å²) >= 11 is 0.